The molecule has 0 spiro atoms. The average Bonchev–Trinajstić information content (AvgIpc) is 2.80. The summed E-state index contributed by atoms with van der Waals surface area (Å²) < 4.78 is 0. The second-order valence-corrected chi connectivity index (χ2v) is 6.93. The highest BCUT2D eigenvalue weighted by molar-refractivity contribution is 5.92. The van der Waals surface area contributed by atoms with Gasteiger partial charge in [-0.3, -0.25) is 9.69 Å². The van der Waals surface area contributed by atoms with Crippen LogP contribution >= 0.6 is 0 Å². The maximum Gasteiger partial charge on any atom is 0.272 e. The first-order valence-electron chi connectivity index (χ1n) is 8.59. The third-order valence-corrected chi connectivity index (χ3v) is 5.02. The molecule has 23 heavy (non-hydrogen) atoms. The summed E-state index contributed by atoms with van der Waals surface area (Å²) in [7, 11) is 1.77. The van der Waals surface area contributed by atoms with Crippen LogP contribution in [-0.4, -0.2) is 63.9 Å². The third kappa shape index (κ3) is 3.17. The van der Waals surface area contributed by atoms with Gasteiger partial charge in [-0.1, -0.05) is 0 Å². The molecule has 126 valence electrons. The Kier molecular flexibility index (Phi) is 4.53. The van der Waals surface area contributed by atoms with Gasteiger partial charge in [0.2, 0.25) is 5.95 Å². The summed E-state index contributed by atoms with van der Waals surface area (Å²) in [5.41, 5.74) is 1.31. The summed E-state index contributed by atoms with van der Waals surface area (Å²) >= 11 is 0. The highest BCUT2D eigenvalue weighted by atomic mass is 16.2. The van der Waals surface area contributed by atoms with Crippen molar-refractivity contribution in [2.24, 2.45) is 0 Å². The molecule has 1 aromatic heterocycles. The molecule has 6 heteroatoms. The van der Waals surface area contributed by atoms with Gasteiger partial charge in [-0.25, -0.2) is 9.97 Å². The Bertz CT molecular complexity index is 588. The molecule has 3 rings (SSSR count). The highest BCUT2D eigenvalue weighted by Gasteiger charge is 2.39. The van der Waals surface area contributed by atoms with Crippen molar-refractivity contribution < 1.29 is 4.79 Å². The van der Waals surface area contributed by atoms with Crippen LogP contribution in [0, 0.1) is 6.92 Å². The molecule has 2 saturated heterocycles. The summed E-state index contributed by atoms with van der Waals surface area (Å²) in [4.78, 5) is 26.1. The predicted octanol–water partition coefficient (Wildman–Crippen LogP) is 1.91. The van der Waals surface area contributed by atoms with E-state index in [1.54, 1.807) is 13.1 Å². The number of hydrogen-bond donors (Lipinski definition) is 1. The van der Waals surface area contributed by atoms with Crippen LogP contribution in [0.3, 0.4) is 0 Å². The molecule has 2 bridgehead atoms. The van der Waals surface area contributed by atoms with Crippen molar-refractivity contribution >= 4 is 11.9 Å². The number of anilines is 1. The van der Waals surface area contributed by atoms with Gasteiger partial charge in [-0.15, -0.1) is 0 Å². The van der Waals surface area contributed by atoms with Crippen molar-refractivity contribution in [3.8, 4) is 0 Å². The fraction of sp³-hybridized carbons (Fsp3) is 0.706. The van der Waals surface area contributed by atoms with Crippen LogP contribution in [0.5, 0.6) is 0 Å². The summed E-state index contributed by atoms with van der Waals surface area (Å²) in [6.45, 7) is 8.04. The van der Waals surface area contributed by atoms with Crippen LogP contribution in [0.25, 0.3) is 0 Å². The van der Waals surface area contributed by atoms with Crippen molar-refractivity contribution in [3.63, 3.8) is 0 Å². The van der Waals surface area contributed by atoms with E-state index in [2.05, 4.69) is 34.0 Å². The minimum Gasteiger partial charge on any atom is -0.357 e. The molecule has 0 radical (unpaired) electrons. The Morgan fingerprint density at radius 3 is 2.70 bits per heavy atom. The molecule has 2 atom stereocenters. The van der Waals surface area contributed by atoms with E-state index in [4.69, 9.17) is 0 Å². The Labute approximate surface area is 138 Å². The van der Waals surface area contributed by atoms with E-state index in [1.165, 1.54) is 12.8 Å². The predicted molar refractivity (Wildman–Crippen MR) is 90.6 cm³/mol. The fourth-order valence-electron chi connectivity index (χ4n) is 4.09. The first kappa shape index (κ1) is 16.2. The lowest BCUT2D eigenvalue weighted by molar-refractivity contribution is 0.0722. The Morgan fingerprint density at radius 1 is 1.26 bits per heavy atom. The maximum atomic E-state index is 12.9. The van der Waals surface area contributed by atoms with E-state index in [0.29, 0.717) is 29.8 Å². The molecule has 0 aliphatic carbocycles. The van der Waals surface area contributed by atoms with Crippen molar-refractivity contribution in [1.82, 2.24) is 19.8 Å². The molecule has 3 heterocycles. The summed E-state index contributed by atoms with van der Waals surface area (Å²) in [5, 5.41) is 2.93. The monoisotopic (exact) mass is 317 g/mol. The maximum absolute atomic E-state index is 12.9. The lowest BCUT2D eigenvalue weighted by Crippen LogP contribution is -2.44. The van der Waals surface area contributed by atoms with E-state index in [1.807, 2.05) is 11.8 Å². The standard InChI is InChI=1S/C17H27N5O/c1-11(2)22-13-5-6-14(22)10-21(8-7-13)16(23)15-9-12(3)19-17(18-4)20-15/h9,11,13-14H,5-8,10H2,1-4H3,(H,18,19,20)/t13-,14+/m1/s1. The van der Waals surface area contributed by atoms with Gasteiger partial charge in [0.15, 0.2) is 0 Å². The SMILES string of the molecule is CNc1nc(C)cc(C(=O)N2CC[C@H]3CC[C@@H](C2)N3C(C)C)n1. The van der Waals surface area contributed by atoms with E-state index in [-0.39, 0.29) is 5.91 Å². The number of aryl methyl sites for hydroxylation is 1. The number of fused-ring (bicyclic) bond motifs is 2. The van der Waals surface area contributed by atoms with Crippen LogP contribution in [0.15, 0.2) is 6.07 Å². The van der Waals surface area contributed by atoms with Gasteiger partial charge in [0.25, 0.3) is 5.91 Å². The van der Waals surface area contributed by atoms with Crippen LogP contribution in [0.2, 0.25) is 0 Å². The Hall–Kier alpha value is -1.69. The molecule has 1 aromatic rings. The van der Waals surface area contributed by atoms with Gasteiger partial charge in [0.05, 0.1) is 0 Å². The summed E-state index contributed by atoms with van der Waals surface area (Å²) in [6, 6.07) is 3.43. The minimum absolute atomic E-state index is 0.0308. The van der Waals surface area contributed by atoms with Crippen molar-refractivity contribution in [1.29, 1.82) is 0 Å². The minimum atomic E-state index is 0.0308. The van der Waals surface area contributed by atoms with E-state index < -0.39 is 0 Å². The smallest absolute Gasteiger partial charge is 0.272 e. The number of carbonyl (C=O) groups is 1. The quantitative estimate of drug-likeness (QED) is 0.923. The number of aromatic nitrogens is 2. The molecule has 2 aliphatic rings. The van der Waals surface area contributed by atoms with E-state index in [0.717, 1.165) is 25.2 Å². The normalized spacial score (nSPS) is 24.8. The Balaban J connectivity index is 1.80. The second-order valence-electron chi connectivity index (χ2n) is 6.93. The summed E-state index contributed by atoms with van der Waals surface area (Å²) in [5.74, 6) is 0.539. The van der Waals surface area contributed by atoms with E-state index >= 15 is 0 Å². The number of rotatable bonds is 3. The molecule has 6 nitrogen and oxygen atoms in total. The second kappa shape index (κ2) is 6.43. The number of hydrogen-bond acceptors (Lipinski definition) is 5. The van der Waals surface area contributed by atoms with Gasteiger partial charge in [-0.05, 0) is 46.1 Å². The van der Waals surface area contributed by atoms with E-state index in [9.17, 15) is 4.79 Å². The number of nitrogens with one attached hydrogen (secondary N) is 1. The third-order valence-electron chi connectivity index (χ3n) is 5.02. The molecular weight excluding hydrogens is 290 g/mol. The average molecular weight is 317 g/mol. The van der Waals surface area contributed by atoms with Gasteiger partial charge in [0, 0.05) is 44.0 Å². The molecule has 1 N–H and O–H groups in total. The molecule has 1 amide bonds. The number of carbonyl (C=O) groups excluding carboxylic acids is 1. The lowest BCUT2D eigenvalue weighted by Gasteiger charge is -2.32. The van der Waals surface area contributed by atoms with Crippen LogP contribution in [0.4, 0.5) is 5.95 Å². The highest BCUT2D eigenvalue weighted by Crippen LogP contribution is 2.32. The molecule has 2 fully saturated rings. The topological polar surface area (TPSA) is 61.4 Å². The zero-order valence-corrected chi connectivity index (χ0v) is 14.5. The Morgan fingerprint density at radius 2 is 2.00 bits per heavy atom. The zero-order valence-electron chi connectivity index (χ0n) is 14.5. The molecule has 0 saturated carbocycles. The first-order valence-corrected chi connectivity index (χ1v) is 8.59. The van der Waals surface area contributed by atoms with Gasteiger partial charge >= 0.3 is 0 Å². The zero-order chi connectivity index (χ0) is 16.6. The largest absolute Gasteiger partial charge is 0.357 e. The van der Waals surface area contributed by atoms with Crippen molar-refractivity contribution in [2.45, 2.75) is 58.2 Å². The molecule has 2 aliphatic heterocycles. The fourth-order valence-corrected chi connectivity index (χ4v) is 4.09. The first-order chi connectivity index (χ1) is 11.0. The molecular formula is C17H27N5O. The van der Waals surface area contributed by atoms with Crippen LogP contribution in [0.1, 0.15) is 49.3 Å². The molecule has 0 aromatic carbocycles. The van der Waals surface area contributed by atoms with Gasteiger partial charge in [0.1, 0.15) is 5.69 Å². The summed E-state index contributed by atoms with van der Waals surface area (Å²) in [6.07, 6.45) is 3.52. The number of amides is 1. The van der Waals surface area contributed by atoms with Crippen LogP contribution in [-0.2, 0) is 0 Å². The van der Waals surface area contributed by atoms with Gasteiger partial charge < -0.3 is 10.2 Å². The van der Waals surface area contributed by atoms with Crippen molar-refractivity contribution in [2.75, 3.05) is 25.5 Å². The number of nitrogens with zero attached hydrogens (tertiary/aromatic N) is 4. The van der Waals surface area contributed by atoms with Gasteiger partial charge in [-0.2, -0.15) is 0 Å². The number of likely N-dealkylation sites (tertiary alicyclic amines) is 1. The van der Waals surface area contributed by atoms with Crippen molar-refractivity contribution in [3.05, 3.63) is 17.5 Å². The van der Waals surface area contributed by atoms with Crippen LogP contribution < -0.4 is 5.32 Å². The lowest BCUT2D eigenvalue weighted by atomic mass is 10.1. The molecule has 0 unspecified atom stereocenters.